The minimum Gasteiger partial charge on any atom is -0.399 e. The molecular formula is C15H24N2S. The van der Waals surface area contributed by atoms with Gasteiger partial charge in [-0.05, 0) is 54.7 Å². The lowest BCUT2D eigenvalue weighted by molar-refractivity contribution is 0.276. The van der Waals surface area contributed by atoms with Crippen LogP contribution in [0.2, 0.25) is 0 Å². The van der Waals surface area contributed by atoms with Crippen molar-refractivity contribution in [1.29, 1.82) is 0 Å². The number of anilines is 1. The van der Waals surface area contributed by atoms with E-state index >= 15 is 0 Å². The van der Waals surface area contributed by atoms with Crippen LogP contribution in [-0.4, -0.2) is 23.5 Å². The Labute approximate surface area is 115 Å². The van der Waals surface area contributed by atoms with Crippen LogP contribution in [0.1, 0.15) is 36.8 Å². The van der Waals surface area contributed by atoms with E-state index in [9.17, 15) is 0 Å². The number of fused-ring (bicyclic) bond motifs is 1. The van der Waals surface area contributed by atoms with Crippen molar-refractivity contribution in [2.75, 3.05) is 24.3 Å². The maximum atomic E-state index is 5.82. The normalized spacial score (nSPS) is 14.9. The first-order valence-corrected chi connectivity index (χ1v) is 8.27. The molecule has 2 N–H and O–H groups in total. The van der Waals surface area contributed by atoms with Gasteiger partial charge in [0.05, 0.1) is 0 Å². The summed E-state index contributed by atoms with van der Waals surface area (Å²) in [6.45, 7) is 3.43. The molecule has 18 heavy (non-hydrogen) atoms. The molecule has 0 bridgehead atoms. The number of hydrogen-bond acceptors (Lipinski definition) is 3. The number of nitrogen functional groups attached to an aromatic ring is 1. The summed E-state index contributed by atoms with van der Waals surface area (Å²) in [5, 5.41) is 0. The highest BCUT2D eigenvalue weighted by atomic mass is 32.2. The van der Waals surface area contributed by atoms with Gasteiger partial charge in [0.2, 0.25) is 0 Å². The molecule has 1 heterocycles. The van der Waals surface area contributed by atoms with Gasteiger partial charge in [-0.25, -0.2) is 0 Å². The molecular weight excluding hydrogens is 240 g/mol. The number of unbranched alkanes of at least 4 members (excludes halogenated alkanes) is 3. The SMILES string of the molecule is CSCCCCCCN1Cc2ccc(N)cc2C1. The summed E-state index contributed by atoms with van der Waals surface area (Å²) in [5.74, 6) is 1.31. The van der Waals surface area contributed by atoms with Crippen LogP contribution in [-0.2, 0) is 13.1 Å². The molecule has 0 aromatic heterocycles. The molecule has 1 aromatic carbocycles. The smallest absolute Gasteiger partial charge is 0.0317 e. The fraction of sp³-hybridized carbons (Fsp3) is 0.600. The van der Waals surface area contributed by atoms with Gasteiger partial charge in [-0.3, -0.25) is 4.90 Å². The summed E-state index contributed by atoms with van der Waals surface area (Å²) in [5.41, 5.74) is 9.61. The number of hydrogen-bond donors (Lipinski definition) is 1. The third kappa shape index (κ3) is 3.92. The number of benzene rings is 1. The van der Waals surface area contributed by atoms with E-state index in [1.165, 1.54) is 49.1 Å². The lowest BCUT2D eigenvalue weighted by Crippen LogP contribution is -2.17. The van der Waals surface area contributed by atoms with Crippen molar-refractivity contribution in [2.45, 2.75) is 38.8 Å². The summed E-state index contributed by atoms with van der Waals surface area (Å²) in [7, 11) is 0. The van der Waals surface area contributed by atoms with Crippen molar-refractivity contribution in [3.63, 3.8) is 0 Å². The number of nitrogens with zero attached hydrogens (tertiary/aromatic N) is 1. The van der Waals surface area contributed by atoms with Gasteiger partial charge in [0.1, 0.15) is 0 Å². The largest absolute Gasteiger partial charge is 0.399 e. The zero-order valence-electron chi connectivity index (χ0n) is 11.3. The Morgan fingerprint density at radius 2 is 1.89 bits per heavy atom. The van der Waals surface area contributed by atoms with Gasteiger partial charge in [-0.2, -0.15) is 11.8 Å². The van der Waals surface area contributed by atoms with Crippen LogP contribution < -0.4 is 5.73 Å². The zero-order chi connectivity index (χ0) is 12.8. The zero-order valence-corrected chi connectivity index (χ0v) is 12.1. The highest BCUT2D eigenvalue weighted by Crippen LogP contribution is 2.24. The molecule has 0 saturated carbocycles. The first-order chi connectivity index (χ1) is 8.79. The van der Waals surface area contributed by atoms with Crippen molar-refractivity contribution in [2.24, 2.45) is 0 Å². The van der Waals surface area contributed by atoms with E-state index in [0.29, 0.717) is 0 Å². The van der Waals surface area contributed by atoms with Crippen LogP contribution in [0, 0.1) is 0 Å². The molecule has 0 radical (unpaired) electrons. The quantitative estimate of drug-likeness (QED) is 0.603. The van der Waals surface area contributed by atoms with E-state index < -0.39 is 0 Å². The molecule has 3 heteroatoms. The lowest BCUT2D eigenvalue weighted by atomic mass is 10.1. The fourth-order valence-corrected chi connectivity index (χ4v) is 3.07. The highest BCUT2D eigenvalue weighted by Gasteiger charge is 2.17. The minimum atomic E-state index is 0.896. The van der Waals surface area contributed by atoms with Gasteiger partial charge in [-0.1, -0.05) is 18.9 Å². The first kappa shape index (κ1) is 13.8. The molecule has 0 unspecified atom stereocenters. The molecule has 1 aromatic rings. The van der Waals surface area contributed by atoms with E-state index in [4.69, 9.17) is 5.73 Å². The lowest BCUT2D eigenvalue weighted by Gasteiger charge is -2.14. The van der Waals surface area contributed by atoms with Gasteiger partial charge >= 0.3 is 0 Å². The van der Waals surface area contributed by atoms with Gasteiger partial charge in [0, 0.05) is 18.8 Å². The summed E-state index contributed by atoms with van der Waals surface area (Å²) < 4.78 is 0. The van der Waals surface area contributed by atoms with Crippen LogP contribution >= 0.6 is 11.8 Å². The Balaban J connectivity index is 1.65. The maximum absolute atomic E-state index is 5.82. The molecule has 1 aliphatic heterocycles. The van der Waals surface area contributed by atoms with Gasteiger partial charge in [-0.15, -0.1) is 0 Å². The Morgan fingerprint density at radius 1 is 1.11 bits per heavy atom. The molecule has 2 rings (SSSR count). The predicted molar refractivity (Wildman–Crippen MR) is 81.8 cm³/mol. The Morgan fingerprint density at radius 3 is 2.72 bits per heavy atom. The summed E-state index contributed by atoms with van der Waals surface area (Å²) in [6.07, 6.45) is 7.65. The van der Waals surface area contributed by atoms with E-state index in [0.717, 1.165) is 18.8 Å². The van der Waals surface area contributed by atoms with Crippen molar-refractivity contribution < 1.29 is 0 Å². The number of rotatable bonds is 7. The van der Waals surface area contributed by atoms with E-state index in [2.05, 4.69) is 23.3 Å². The molecule has 0 saturated heterocycles. The third-order valence-corrected chi connectivity index (χ3v) is 4.29. The molecule has 0 aliphatic carbocycles. The Hall–Kier alpha value is -0.670. The topological polar surface area (TPSA) is 29.3 Å². The molecule has 0 atom stereocenters. The molecule has 1 aliphatic rings. The van der Waals surface area contributed by atoms with Crippen LogP contribution in [0.4, 0.5) is 5.69 Å². The van der Waals surface area contributed by atoms with Crippen molar-refractivity contribution in [3.8, 4) is 0 Å². The molecule has 0 spiro atoms. The van der Waals surface area contributed by atoms with E-state index in [1.807, 2.05) is 17.8 Å². The minimum absolute atomic E-state index is 0.896. The van der Waals surface area contributed by atoms with Gasteiger partial charge in [0.25, 0.3) is 0 Å². The van der Waals surface area contributed by atoms with Crippen molar-refractivity contribution >= 4 is 17.4 Å². The monoisotopic (exact) mass is 264 g/mol. The second kappa shape index (κ2) is 7.05. The molecule has 100 valence electrons. The molecule has 0 amide bonds. The van der Waals surface area contributed by atoms with Gasteiger partial charge in [0.15, 0.2) is 0 Å². The second-order valence-electron chi connectivity index (χ2n) is 5.15. The molecule has 2 nitrogen and oxygen atoms in total. The van der Waals surface area contributed by atoms with E-state index in [-0.39, 0.29) is 0 Å². The molecule has 0 fully saturated rings. The predicted octanol–water partition coefficient (Wildman–Crippen LogP) is 3.51. The Bertz CT molecular complexity index is 379. The second-order valence-corrected chi connectivity index (χ2v) is 6.13. The number of nitrogens with two attached hydrogens (primary N) is 1. The Kier molecular flexibility index (Phi) is 5.39. The summed E-state index contributed by atoms with van der Waals surface area (Å²) >= 11 is 1.96. The first-order valence-electron chi connectivity index (χ1n) is 6.88. The highest BCUT2D eigenvalue weighted by molar-refractivity contribution is 7.98. The average Bonchev–Trinajstić information content (AvgIpc) is 2.75. The van der Waals surface area contributed by atoms with Crippen LogP contribution in [0.15, 0.2) is 18.2 Å². The standard InChI is InChI=1S/C15H24N2S/c1-18-9-5-3-2-4-8-17-11-13-6-7-15(16)10-14(13)12-17/h6-7,10H,2-5,8-9,11-12,16H2,1H3. The van der Waals surface area contributed by atoms with Gasteiger partial charge < -0.3 is 5.73 Å². The van der Waals surface area contributed by atoms with Crippen LogP contribution in [0.25, 0.3) is 0 Å². The van der Waals surface area contributed by atoms with Crippen LogP contribution in [0.5, 0.6) is 0 Å². The van der Waals surface area contributed by atoms with Crippen molar-refractivity contribution in [1.82, 2.24) is 4.90 Å². The third-order valence-electron chi connectivity index (χ3n) is 3.59. The van der Waals surface area contributed by atoms with Crippen LogP contribution in [0.3, 0.4) is 0 Å². The fourth-order valence-electron chi connectivity index (χ4n) is 2.58. The number of thioether (sulfide) groups is 1. The average molecular weight is 264 g/mol. The van der Waals surface area contributed by atoms with Crippen molar-refractivity contribution in [3.05, 3.63) is 29.3 Å². The van der Waals surface area contributed by atoms with E-state index in [1.54, 1.807) is 0 Å². The summed E-state index contributed by atoms with van der Waals surface area (Å²) in [6, 6.07) is 6.34. The summed E-state index contributed by atoms with van der Waals surface area (Å²) in [4.78, 5) is 2.54. The maximum Gasteiger partial charge on any atom is 0.0317 e.